The Kier molecular flexibility index (Phi) is 2.33. The number of carbonyl (C=O) groups excluding carboxylic acids is 1. The summed E-state index contributed by atoms with van der Waals surface area (Å²) in [7, 11) is 0. The van der Waals surface area contributed by atoms with E-state index < -0.39 is 12.1 Å². The van der Waals surface area contributed by atoms with E-state index >= 15 is 0 Å². The summed E-state index contributed by atoms with van der Waals surface area (Å²) in [6.45, 7) is 0. The third kappa shape index (κ3) is 1.93. The molecular weight excluding hydrogens is 196 g/mol. The summed E-state index contributed by atoms with van der Waals surface area (Å²) in [5, 5.41) is 18.8. The Labute approximate surface area is 86.4 Å². The lowest BCUT2D eigenvalue weighted by Gasteiger charge is -2.21. The van der Waals surface area contributed by atoms with Gasteiger partial charge in [-0.1, -0.05) is 18.2 Å². The highest BCUT2D eigenvalue weighted by atomic mass is 16.5. The summed E-state index contributed by atoms with van der Waals surface area (Å²) >= 11 is 0. The van der Waals surface area contributed by atoms with Gasteiger partial charge in [0.1, 0.15) is 17.6 Å². The summed E-state index contributed by atoms with van der Waals surface area (Å²) in [5.74, 6) is -0.559. The van der Waals surface area contributed by atoms with Crippen LogP contribution in [0, 0.1) is 0 Å². The van der Waals surface area contributed by atoms with Gasteiger partial charge in [-0.2, -0.15) is 0 Å². The van der Waals surface area contributed by atoms with Crippen LogP contribution in [0.15, 0.2) is 36.1 Å². The van der Waals surface area contributed by atoms with E-state index in [4.69, 9.17) is 4.74 Å². The van der Waals surface area contributed by atoms with E-state index in [1.54, 1.807) is 18.2 Å². The average molecular weight is 206 g/mol. The Morgan fingerprint density at radius 1 is 1.27 bits per heavy atom. The number of phenolic OH excluding ortho intramolecular Hbond substituents is 1. The van der Waals surface area contributed by atoms with Crippen molar-refractivity contribution in [2.24, 2.45) is 0 Å². The maximum absolute atomic E-state index is 11.0. The van der Waals surface area contributed by atoms with Crippen molar-refractivity contribution < 1.29 is 19.7 Å². The predicted molar refractivity (Wildman–Crippen MR) is 52.3 cm³/mol. The lowest BCUT2D eigenvalue weighted by molar-refractivity contribution is -0.145. The van der Waals surface area contributed by atoms with Gasteiger partial charge in [-0.05, 0) is 6.07 Å². The number of esters is 1. The number of aromatic hydroxyl groups is 1. The number of carbonyl (C=O) groups is 1. The van der Waals surface area contributed by atoms with Gasteiger partial charge in [-0.15, -0.1) is 0 Å². The van der Waals surface area contributed by atoms with Crippen LogP contribution in [0.1, 0.15) is 18.1 Å². The molecule has 78 valence electrons. The summed E-state index contributed by atoms with van der Waals surface area (Å²) in [4.78, 5) is 11.0. The molecule has 0 fully saturated rings. The van der Waals surface area contributed by atoms with Crippen LogP contribution in [0.5, 0.6) is 5.75 Å². The largest absolute Gasteiger partial charge is 0.512 e. The molecule has 0 radical (unpaired) electrons. The smallest absolute Gasteiger partial charge is 0.334 e. The third-order valence-electron chi connectivity index (χ3n) is 2.22. The number of hydrogen-bond acceptors (Lipinski definition) is 4. The van der Waals surface area contributed by atoms with Crippen LogP contribution in [0.2, 0.25) is 0 Å². The number of ether oxygens (including phenoxy) is 1. The fraction of sp³-hybridized carbons (Fsp3) is 0.182. The van der Waals surface area contributed by atoms with Crippen molar-refractivity contribution in [3.8, 4) is 5.75 Å². The minimum absolute atomic E-state index is 0.0282. The van der Waals surface area contributed by atoms with Crippen LogP contribution in [-0.2, 0) is 9.53 Å². The zero-order valence-corrected chi connectivity index (χ0v) is 7.88. The number of aliphatic hydroxyl groups is 1. The lowest BCUT2D eigenvalue weighted by atomic mass is 10.0. The molecule has 1 aliphatic rings. The maximum Gasteiger partial charge on any atom is 0.334 e. The number of hydrogen-bond donors (Lipinski definition) is 2. The molecule has 4 nitrogen and oxygen atoms in total. The molecule has 1 unspecified atom stereocenters. The van der Waals surface area contributed by atoms with Gasteiger partial charge < -0.3 is 14.9 Å². The second kappa shape index (κ2) is 3.65. The van der Waals surface area contributed by atoms with Gasteiger partial charge in [0.05, 0.1) is 6.08 Å². The highest BCUT2D eigenvalue weighted by molar-refractivity contribution is 5.83. The lowest BCUT2D eigenvalue weighted by Crippen LogP contribution is -2.16. The monoisotopic (exact) mass is 206 g/mol. The molecule has 0 aliphatic carbocycles. The van der Waals surface area contributed by atoms with Crippen LogP contribution in [0.4, 0.5) is 0 Å². The fourth-order valence-corrected chi connectivity index (χ4v) is 1.53. The van der Waals surface area contributed by atoms with Crippen LogP contribution in [0.25, 0.3) is 0 Å². The molecule has 2 rings (SSSR count). The van der Waals surface area contributed by atoms with E-state index in [1.807, 2.05) is 0 Å². The molecule has 0 saturated carbocycles. The van der Waals surface area contributed by atoms with Crippen molar-refractivity contribution in [3.63, 3.8) is 0 Å². The molecule has 0 spiro atoms. The predicted octanol–water partition coefficient (Wildman–Crippen LogP) is 1.82. The van der Waals surface area contributed by atoms with Gasteiger partial charge in [0.25, 0.3) is 0 Å². The van der Waals surface area contributed by atoms with Gasteiger partial charge in [0.15, 0.2) is 0 Å². The maximum atomic E-state index is 11.0. The summed E-state index contributed by atoms with van der Waals surface area (Å²) < 4.78 is 4.99. The normalized spacial score (nSPS) is 20.7. The molecular formula is C11H10O4. The zero-order chi connectivity index (χ0) is 10.8. The summed E-state index contributed by atoms with van der Waals surface area (Å²) in [6, 6.07) is 6.59. The van der Waals surface area contributed by atoms with E-state index in [1.165, 1.54) is 6.07 Å². The standard InChI is InChI=1S/C11H10O4/c12-7-5-10(15-11(14)6-7)8-3-1-2-4-9(8)13/h1-4,6,10,12-13H,5H2. The van der Waals surface area contributed by atoms with Crippen molar-refractivity contribution >= 4 is 5.97 Å². The highest BCUT2D eigenvalue weighted by Crippen LogP contribution is 2.33. The average Bonchev–Trinajstić information content (AvgIpc) is 2.16. The number of para-hydroxylation sites is 1. The zero-order valence-electron chi connectivity index (χ0n) is 7.88. The molecule has 4 heteroatoms. The molecule has 0 amide bonds. The first kappa shape index (κ1) is 9.58. The first-order valence-corrected chi connectivity index (χ1v) is 4.55. The van der Waals surface area contributed by atoms with Crippen LogP contribution < -0.4 is 0 Å². The topological polar surface area (TPSA) is 66.8 Å². The minimum atomic E-state index is -0.608. The van der Waals surface area contributed by atoms with Crippen LogP contribution in [-0.4, -0.2) is 16.2 Å². The molecule has 1 aromatic carbocycles. The highest BCUT2D eigenvalue weighted by Gasteiger charge is 2.24. The van der Waals surface area contributed by atoms with E-state index in [0.717, 1.165) is 6.08 Å². The molecule has 1 aromatic rings. The number of benzene rings is 1. The van der Waals surface area contributed by atoms with E-state index in [2.05, 4.69) is 0 Å². The molecule has 0 bridgehead atoms. The van der Waals surface area contributed by atoms with Crippen LogP contribution in [0.3, 0.4) is 0 Å². The first-order valence-electron chi connectivity index (χ1n) is 4.55. The van der Waals surface area contributed by atoms with Gasteiger partial charge in [0.2, 0.25) is 0 Å². The van der Waals surface area contributed by atoms with Crippen molar-refractivity contribution in [2.75, 3.05) is 0 Å². The Balaban J connectivity index is 2.30. The Morgan fingerprint density at radius 2 is 2.00 bits per heavy atom. The Bertz CT molecular complexity index is 422. The second-order valence-corrected chi connectivity index (χ2v) is 3.32. The van der Waals surface area contributed by atoms with E-state index in [0.29, 0.717) is 5.56 Å². The van der Waals surface area contributed by atoms with Crippen molar-refractivity contribution in [3.05, 3.63) is 41.7 Å². The molecule has 1 atom stereocenters. The minimum Gasteiger partial charge on any atom is -0.512 e. The summed E-state index contributed by atoms with van der Waals surface area (Å²) in [5.41, 5.74) is 0.505. The second-order valence-electron chi connectivity index (χ2n) is 3.32. The number of rotatable bonds is 1. The van der Waals surface area contributed by atoms with Gasteiger partial charge in [-0.25, -0.2) is 4.79 Å². The van der Waals surface area contributed by atoms with Crippen molar-refractivity contribution in [2.45, 2.75) is 12.5 Å². The first-order chi connectivity index (χ1) is 7.16. The fourth-order valence-electron chi connectivity index (χ4n) is 1.53. The SMILES string of the molecule is O=C1C=C(O)CC(c2ccccc2O)O1. The molecule has 0 saturated heterocycles. The third-order valence-corrected chi connectivity index (χ3v) is 2.22. The number of aliphatic hydroxyl groups excluding tert-OH is 1. The van der Waals surface area contributed by atoms with Crippen molar-refractivity contribution in [1.29, 1.82) is 0 Å². The van der Waals surface area contributed by atoms with Crippen molar-refractivity contribution in [1.82, 2.24) is 0 Å². The van der Waals surface area contributed by atoms with Gasteiger partial charge >= 0.3 is 5.97 Å². The number of phenols is 1. The van der Waals surface area contributed by atoms with Gasteiger partial charge in [-0.3, -0.25) is 0 Å². The van der Waals surface area contributed by atoms with Crippen LogP contribution >= 0.6 is 0 Å². The van der Waals surface area contributed by atoms with E-state index in [9.17, 15) is 15.0 Å². The van der Waals surface area contributed by atoms with Gasteiger partial charge in [0, 0.05) is 12.0 Å². The molecule has 0 aromatic heterocycles. The molecule has 1 heterocycles. The Morgan fingerprint density at radius 3 is 2.67 bits per heavy atom. The molecule has 15 heavy (non-hydrogen) atoms. The molecule has 2 N–H and O–H groups in total. The quantitative estimate of drug-likeness (QED) is 0.688. The van der Waals surface area contributed by atoms with E-state index in [-0.39, 0.29) is 17.9 Å². The number of cyclic esters (lactones) is 1. The summed E-state index contributed by atoms with van der Waals surface area (Å²) in [6.07, 6.45) is 0.628. The molecule has 1 aliphatic heterocycles. The Hall–Kier alpha value is -1.97.